The first-order valence-electron chi connectivity index (χ1n) is 5.66. The fourth-order valence-electron chi connectivity index (χ4n) is 2.63. The molecule has 2 N–H and O–H groups in total. The summed E-state index contributed by atoms with van der Waals surface area (Å²) in [5, 5.41) is 0.662. The topological polar surface area (TPSA) is 30.9 Å². The molecule has 0 spiro atoms. The van der Waals surface area contributed by atoms with Crippen LogP contribution in [0.2, 0.25) is 0 Å². The highest BCUT2D eigenvalue weighted by atomic mass is 35.5. The van der Waals surface area contributed by atoms with Crippen LogP contribution in [0, 0.1) is 5.41 Å². The third-order valence-corrected chi connectivity index (χ3v) is 3.39. The Kier molecular flexibility index (Phi) is 2.89. The maximum Gasteiger partial charge on any atom is 0.0574 e. The van der Waals surface area contributed by atoms with Gasteiger partial charge in [-0.1, -0.05) is 32.0 Å². The Hall–Kier alpha value is -0.730. The number of nitrogens with two attached hydrogens (primary N) is 1. The molecule has 0 aliphatic heterocycles. The van der Waals surface area contributed by atoms with Crippen LogP contribution in [-0.4, -0.2) is 4.57 Å². The van der Waals surface area contributed by atoms with E-state index in [1.807, 2.05) is 0 Å². The third-order valence-electron chi connectivity index (χ3n) is 3.27. The van der Waals surface area contributed by atoms with E-state index in [0.717, 1.165) is 12.8 Å². The number of aromatic nitrogens is 1. The Morgan fingerprint density at radius 1 is 1.69 bits per heavy atom. The number of hydrogen-bond acceptors (Lipinski definition) is 1. The van der Waals surface area contributed by atoms with Crippen molar-refractivity contribution in [2.24, 2.45) is 11.1 Å². The van der Waals surface area contributed by atoms with Gasteiger partial charge in [0, 0.05) is 23.0 Å². The highest BCUT2D eigenvalue weighted by Gasteiger charge is 2.32. The van der Waals surface area contributed by atoms with Gasteiger partial charge in [-0.2, -0.15) is 0 Å². The van der Waals surface area contributed by atoms with Gasteiger partial charge in [0.15, 0.2) is 0 Å². The second-order valence-corrected chi connectivity index (χ2v) is 6.05. The zero-order chi connectivity index (χ0) is 11.9. The van der Waals surface area contributed by atoms with E-state index in [9.17, 15) is 0 Å². The van der Waals surface area contributed by atoms with Crippen molar-refractivity contribution in [2.75, 3.05) is 0 Å². The van der Waals surface area contributed by atoms with Gasteiger partial charge in [0.2, 0.25) is 0 Å². The van der Waals surface area contributed by atoms with Gasteiger partial charge in [-0.05, 0) is 29.9 Å². The Labute approximate surface area is 102 Å². The van der Waals surface area contributed by atoms with E-state index in [0.29, 0.717) is 11.6 Å². The van der Waals surface area contributed by atoms with Gasteiger partial charge in [-0.3, -0.25) is 0 Å². The van der Waals surface area contributed by atoms with Gasteiger partial charge in [-0.15, -0.1) is 0 Å². The third kappa shape index (κ3) is 2.18. The fourth-order valence-corrected chi connectivity index (χ4v) is 2.76. The highest BCUT2D eigenvalue weighted by Crippen LogP contribution is 2.40. The number of fused-ring (bicyclic) bond motifs is 1. The van der Waals surface area contributed by atoms with Crippen molar-refractivity contribution < 1.29 is 0 Å². The standard InChI is InChI=1S/C13H19ClN2/c1-9(14)8-16-5-4-10-11(15)6-13(2,3)7-12(10)16/h4-5,11H,1,6-8,15H2,2-3H3. The van der Waals surface area contributed by atoms with Crippen molar-refractivity contribution in [1.82, 2.24) is 4.57 Å². The second kappa shape index (κ2) is 3.94. The first-order chi connectivity index (χ1) is 7.39. The average Bonchev–Trinajstić information content (AvgIpc) is 2.45. The van der Waals surface area contributed by atoms with Crippen LogP contribution in [0.4, 0.5) is 0 Å². The van der Waals surface area contributed by atoms with Gasteiger partial charge in [-0.25, -0.2) is 0 Å². The van der Waals surface area contributed by atoms with Crippen LogP contribution in [0.5, 0.6) is 0 Å². The lowest BCUT2D eigenvalue weighted by molar-refractivity contribution is 0.276. The number of allylic oxidation sites excluding steroid dienone is 1. The summed E-state index contributed by atoms with van der Waals surface area (Å²) in [7, 11) is 0. The largest absolute Gasteiger partial charge is 0.346 e. The van der Waals surface area contributed by atoms with Crippen LogP contribution in [0.1, 0.15) is 37.6 Å². The van der Waals surface area contributed by atoms with Crippen LogP contribution in [-0.2, 0) is 13.0 Å². The van der Waals surface area contributed by atoms with E-state index in [-0.39, 0.29) is 11.5 Å². The van der Waals surface area contributed by atoms with Gasteiger partial charge >= 0.3 is 0 Å². The van der Waals surface area contributed by atoms with Gasteiger partial charge in [0.25, 0.3) is 0 Å². The summed E-state index contributed by atoms with van der Waals surface area (Å²) in [6.07, 6.45) is 4.18. The van der Waals surface area contributed by atoms with Crippen molar-refractivity contribution >= 4 is 11.6 Å². The monoisotopic (exact) mass is 238 g/mol. The summed E-state index contributed by atoms with van der Waals surface area (Å²) >= 11 is 5.87. The van der Waals surface area contributed by atoms with Crippen molar-refractivity contribution in [3.05, 3.63) is 35.1 Å². The minimum Gasteiger partial charge on any atom is -0.346 e. The van der Waals surface area contributed by atoms with Crippen molar-refractivity contribution in [3.8, 4) is 0 Å². The van der Waals surface area contributed by atoms with Crippen LogP contribution < -0.4 is 5.73 Å². The maximum atomic E-state index is 6.20. The molecule has 1 aromatic rings. The summed E-state index contributed by atoms with van der Waals surface area (Å²) < 4.78 is 2.17. The Balaban J connectivity index is 2.37. The molecule has 0 fully saturated rings. The summed E-state index contributed by atoms with van der Waals surface area (Å²) in [6, 6.07) is 2.28. The van der Waals surface area contributed by atoms with Gasteiger partial charge in [0.05, 0.1) is 6.54 Å². The molecule has 3 heteroatoms. The molecule has 2 nitrogen and oxygen atoms in total. The minimum atomic E-state index is 0.156. The maximum absolute atomic E-state index is 6.20. The Morgan fingerprint density at radius 2 is 2.38 bits per heavy atom. The molecule has 0 radical (unpaired) electrons. The molecule has 1 aromatic heterocycles. The fraction of sp³-hybridized carbons (Fsp3) is 0.538. The summed E-state index contributed by atoms with van der Waals surface area (Å²) in [5.74, 6) is 0. The molecule has 0 amide bonds. The lowest BCUT2D eigenvalue weighted by atomic mass is 9.74. The summed E-state index contributed by atoms with van der Waals surface area (Å²) in [4.78, 5) is 0. The SMILES string of the molecule is C=C(Cl)Cn1ccc2c1CC(C)(C)CC2N. The molecule has 1 heterocycles. The predicted molar refractivity (Wildman–Crippen MR) is 68.5 cm³/mol. The molecular weight excluding hydrogens is 220 g/mol. The molecular formula is C13H19ClN2. The number of halogens is 1. The molecule has 0 aromatic carbocycles. The van der Waals surface area contributed by atoms with Crippen molar-refractivity contribution in [2.45, 2.75) is 39.3 Å². The summed E-state index contributed by atoms with van der Waals surface area (Å²) in [6.45, 7) is 8.96. The number of hydrogen-bond donors (Lipinski definition) is 1. The van der Waals surface area contributed by atoms with Crippen LogP contribution in [0.15, 0.2) is 23.9 Å². The molecule has 2 rings (SSSR count). The van der Waals surface area contributed by atoms with Crippen molar-refractivity contribution in [3.63, 3.8) is 0 Å². The summed E-state index contributed by atoms with van der Waals surface area (Å²) in [5.41, 5.74) is 9.07. The van der Waals surface area contributed by atoms with E-state index < -0.39 is 0 Å². The van der Waals surface area contributed by atoms with E-state index in [2.05, 4.69) is 37.3 Å². The first-order valence-corrected chi connectivity index (χ1v) is 6.04. The molecule has 0 saturated carbocycles. The first kappa shape index (κ1) is 11.7. The second-order valence-electron chi connectivity index (χ2n) is 5.51. The van der Waals surface area contributed by atoms with E-state index in [4.69, 9.17) is 17.3 Å². The molecule has 16 heavy (non-hydrogen) atoms. The van der Waals surface area contributed by atoms with Crippen molar-refractivity contribution in [1.29, 1.82) is 0 Å². The van der Waals surface area contributed by atoms with Crippen LogP contribution in [0.3, 0.4) is 0 Å². The highest BCUT2D eigenvalue weighted by molar-refractivity contribution is 6.29. The minimum absolute atomic E-state index is 0.156. The molecule has 1 unspecified atom stereocenters. The molecule has 0 bridgehead atoms. The lowest BCUT2D eigenvalue weighted by Crippen LogP contribution is -2.30. The van der Waals surface area contributed by atoms with Crippen LogP contribution in [0.25, 0.3) is 0 Å². The Morgan fingerprint density at radius 3 is 3.00 bits per heavy atom. The average molecular weight is 239 g/mol. The number of rotatable bonds is 2. The zero-order valence-corrected chi connectivity index (χ0v) is 10.7. The van der Waals surface area contributed by atoms with E-state index in [1.54, 1.807) is 0 Å². The zero-order valence-electron chi connectivity index (χ0n) is 9.96. The van der Waals surface area contributed by atoms with Gasteiger partial charge in [0.1, 0.15) is 0 Å². The molecule has 88 valence electrons. The predicted octanol–water partition coefficient (Wildman–Crippen LogP) is 3.21. The van der Waals surface area contributed by atoms with Gasteiger partial charge < -0.3 is 10.3 Å². The Bertz CT molecular complexity index is 418. The molecule has 1 aliphatic carbocycles. The van der Waals surface area contributed by atoms with E-state index >= 15 is 0 Å². The number of nitrogens with zero attached hydrogens (tertiary/aromatic N) is 1. The van der Waals surface area contributed by atoms with E-state index in [1.165, 1.54) is 11.3 Å². The van der Waals surface area contributed by atoms with Crippen LogP contribution >= 0.6 is 11.6 Å². The quantitative estimate of drug-likeness (QED) is 0.843. The molecule has 0 saturated heterocycles. The normalized spacial score (nSPS) is 22.9. The molecule has 1 atom stereocenters. The molecule has 1 aliphatic rings. The smallest absolute Gasteiger partial charge is 0.0574 e. The lowest BCUT2D eigenvalue weighted by Gasteiger charge is -2.34.